The summed E-state index contributed by atoms with van der Waals surface area (Å²) in [6, 6.07) is 6.93. The van der Waals surface area contributed by atoms with Crippen molar-refractivity contribution in [2.45, 2.75) is 24.7 Å². The molecule has 1 N–H and O–H groups in total. The van der Waals surface area contributed by atoms with Gasteiger partial charge in [0.05, 0.1) is 44.0 Å². The largest absolute Gasteiger partial charge is 0.334 e. The number of piperidine rings is 1. The second-order valence-electron chi connectivity index (χ2n) is 7.30. The number of carbonyl (C=O) groups excluding carboxylic acids is 1. The number of sulfonamides is 1. The molecule has 0 aliphatic carbocycles. The monoisotopic (exact) mass is 366 g/mol. The van der Waals surface area contributed by atoms with Gasteiger partial charge in [0.25, 0.3) is 0 Å². The number of quaternary nitrogens is 1. The van der Waals surface area contributed by atoms with Gasteiger partial charge in [-0.05, 0) is 31.9 Å². The lowest BCUT2D eigenvalue weighted by molar-refractivity contribution is -0.883. The Kier molecular flexibility index (Phi) is 5.46. The highest BCUT2D eigenvalue weighted by molar-refractivity contribution is 7.89. The van der Waals surface area contributed by atoms with E-state index < -0.39 is 10.0 Å². The third kappa shape index (κ3) is 4.04. The quantitative estimate of drug-likeness (QED) is 0.803. The minimum atomic E-state index is -3.53. The van der Waals surface area contributed by atoms with Crippen LogP contribution in [-0.2, 0) is 14.8 Å². The molecule has 1 amide bonds. The molecule has 2 aliphatic rings. The Bertz CT molecular complexity index is 710. The molecule has 7 heteroatoms. The maximum absolute atomic E-state index is 12.9. The van der Waals surface area contributed by atoms with Crippen molar-refractivity contribution in [1.29, 1.82) is 0 Å². The molecular formula is C18H28N3O3S+. The summed E-state index contributed by atoms with van der Waals surface area (Å²) in [5.41, 5.74) is 1.03. The lowest BCUT2D eigenvalue weighted by Gasteiger charge is -2.36. The average Bonchev–Trinajstić information content (AvgIpc) is 2.62. The van der Waals surface area contributed by atoms with Crippen LogP contribution in [0, 0.1) is 12.8 Å². The van der Waals surface area contributed by atoms with Gasteiger partial charge >= 0.3 is 0 Å². The molecule has 2 saturated heterocycles. The van der Waals surface area contributed by atoms with E-state index in [-0.39, 0.29) is 11.8 Å². The summed E-state index contributed by atoms with van der Waals surface area (Å²) in [4.78, 5) is 16.5. The maximum Gasteiger partial charge on any atom is 0.243 e. The highest BCUT2D eigenvalue weighted by Gasteiger charge is 2.35. The number of rotatable bonds is 3. The highest BCUT2D eigenvalue weighted by Crippen LogP contribution is 2.25. The summed E-state index contributed by atoms with van der Waals surface area (Å²) in [7, 11) is -1.39. The number of nitrogens with zero attached hydrogens (tertiary/aromatic N) is 2. The number of aryl methyl sites for hydroxylation is 1. The summed E-state index contributed by atoms with van der Waals surface area (Å²) in [5, 5.41) is 0. The average molecular weight is 367 g/mol. The summed E-state index contributed by atoms with van der Waals surface area (Å²) in [6.45, 7) is 6.19. The van der Waals surface area contributed by atoms with Crippen LogP contribution in [0.2, 0.25) is 0 Å². The predicted octanol–water partition coefficient (Wildman–Crippen LogP) is -0.247. The van der Waals surface area contributed by atoms with Gasteiger partial charge in [-0.1, -0.05) is 17.7 Å². The Balaban J connectivity index is 1.70. The Hall–Kier alpha value is -1.44. The highest BCUT2D eigenvalue weighted by atomic mass is 32.2. The fourth-order valence-corrected chi connectivity index (χ4v) is 5.11. The third-order valence-corrected chi connectivity index (χ3v) is 7.20. The summed E-state index contributed by atoms with van der Waals surface area (Å²) in [5.74, 6) is -0.0938. The van der Waals surface area contributed by atoms with Gasteiger partial charge in [-0.3, -0.25) is 4.79 Å². The molecule has 0 radical (unpaired) electrons. The Labute approximate surface area is 150 Å². The van der Waals surface area contributed by atoms with Crippen molar-refractivity contribution in [3.05, 3.63) is 29.8 Å². The number of nitrogens with one attached hydrogen (secondary N) is 1. The van der Waals surface area contributed by atoms with Crippen LogP contribution >= 0.6 is 0 Å². The van der Waals surface area contributed by atoms with Gasteiger partial charge < -0.3 is 9.80 Å². The van der Waals surface area contributed by atoms with E-state index in [1.165, 1.54) is 9.21 Å². The molecule has 138 valence electrons. The van der Waals surface area contributed by atoms with Crippen LogP contribution in [-0.4, -0.2) is 69.8 Å². The molecular weight excluding hydrogens is 338 g/mol. The molecule has 0 unspecified atom stereocenters. The zero-order valence-electron chi connectivity index (χ0n) is 15.1. The first-order valence-corrected chi connectivity index (χ1v) is 10.5. The zero-order chi connectivity index (χ0) is 18.0. The molecule has 1 aromatic carbocycles. The number of hydrogen-bond donors (Lipinski definition) is 1. The van der Waals surface area contributed by atoms with Crippen LogP contribution < -0.4 is 4.90 Å². The smallest absolute Gasteiger partial charge is 0.243 e. The van der Waals surface area contributed by atoms with Gasteiger partial charge in [0.15, 0.2) is 0 Å². The first-order valence-electron chi connectivity index (χ1n) is 9.05. The van der Waals surface area contributed by atoms with Crippen LogP contribution in [0.1, 0.15) is 18.4 Å². The number of amides is 1. The van der Waals surface area contributed by atoms with Gasteiger partial charge in [-0.25, -0.2) is 8.42 Å². The first kappa shape index (κ1) is 18.4. The minimum Gasteiger partial charge on any atom is -0.334 e. The van der Waals surface area contributed by atoms with Gasteiger partial charge in [0.1, 0.15) is 0 Å². The number of hydrogen-bond acceptors (Lipinski definition) is 3. The normalized spacial score (nSPS) is 23.6. The van der Waals surface area contributed by atoms with Gasteiger partial charge in [0.2, 0.25) is 15.9 Å². The van der Waals surface area contributed by atoms with Crippen LogP contribution in [0.5, 0.6) is 0 Å². The zero-order valence-corrected chi connectivity index (χ0v) is 15.9. The molecule has 0 bridgehead atoms. The number of benzene rings is 1. The molecule has 1 atom stereocenters. The van der Waals surface area contributed by atoms with Gasteiger partial charge in [0, 0.05) is 13.1 Å². The molecule has 2 fully saturated rings. The second-order valence-corrected chi connectivity index (χ2v) is 9.24. The van der Waals surface area contributed by atoms with E-state index in [9.17, 15) is 13.2 Å². The maximum atomic E-state index is 12.9. The molecule has 0 saturated carbocycles. The van der Waals surface area contributed by atoms with Crippen molar-refractivity contribution in [2.24, 2.45) is 5.92 Å². The van der Waals surface area contributed by atoms with Crippen molar-refractivity contribution in [3.63, 3.8) is 0 Å². The molecule has 0 aromatic heterocycles. The summed E-state index contributed by atoms with van der Waals surface area (Å²) >= 11 is 0. The van der Waals surface area contributed by atoms with E-state index in [4.69, 9.17) is 0 Å². The van der Waals surface area contributed by atoms with Crippen LogP contribution in [0.3, 0.4) is 0 Å². The summed E-state index contributed by atoms with van der Waals surface area (Å²) in [6.07, 6.45) is 1.51. The van der Waals surface area contributed by atoms with Crippen molar-refractivity contribution in [3.8, 4) is 0 Å². The predicted molar refractivity (Wildman–Crippen MR) is 95.9 cm³/mol. The standard InChI is InChI=1S/C18H27N3O3S/c1-15-5-7-17(8-6-15)25(23,24)21-9-3-4-16(14-21)18(22)20-12-10-19(2)11-13-20/h5-8,16H,3-4,9-14H2,1-2H3/p+1/t16-/m0/s1. The fraction of sp³-hybridized carbons (Fsp3) is 0.611. The molecule has 3 rings (SSSR count). The number of likely N-dealkylation sites (N-methyl/N-ethyl adjacent to an activating group) is 1. The fourth-order valence-electron chi connectivity index (χ4n) is 3.59. The van der Waals surface area contributed by atoms with Crippen LogP contribution in [0.25, 0.3) is 0 Å². The first-order chi connectivity index (χ1) is 11.9. The molecule has 6 nitrogen and oxygen atoms in total. The molecule has 2 heterocycles. The molecule has 25 heavy (non-hydrogen) atoms. The third-order valence-electron chi connectivity index (χ3n) is 5.32. The Morgan fingerprint density at radius 1 is 1.12 bits per heavy atom. The summed E-state index contributed by atoms with van der Waals surface area (Å²) < 4.78 is 27.3. The van der Waals surface area contributed by atoms with E-state index in [0.717, 1.165) is 44.6 Å². The topological polar surface area (TPSA) is 62.1 Å². The van der Waals surface area contributed by atoms with Crippen LogP contribution in [0.15, 0.2) is 29.2 Å². The van der Waals surface area contributed by atoms with E-state index in [1.807, 2.05) is 24.0 Å². The van der Waals surface area contributed by atoms with E-state index in [1.54, 1.807) is 12.1 Å². The van der Waals surface area contributed by atoms with E-state index in [0.29, 0.717) is 18.0 Å². The molecule has 2 aliphatic heterocycles. The SMILES string of the molecule is Cc1ccc(S(=O)(=O)N2CCC[C@H](C(=O)N3CC[NH+](C)CC3)C2)cc1. The lowest BCUT2D eigenvalue weighted by atomic mass is 9.98. The second kappa shape index (κ2) is 7.43. The van der Waals surface area contributed by atoms with Crippen molar-refractivity contribution >= 4 is 15.9 Å². The van der Waals surface area contributed by atoms with Crippen molar-refractivity contribution < 1.29 is 18.1 Å². The minimum absolute atomic E-state index is 0.122. The number of carbonyl (C=O) groups is 1. The van der Waals surface area contributed by atoms with Crippen molar-refractivity contribution in [2.75, 3.05) is 46.3 Å². The van der Waals surface area contributed by atoms with Crippen molar-refractivity contribution in [1.82, 2.24) is 9.21 Å². The van der Waals surface area contributed by atoms with Gasteiger partial charge in [-0.2, -0.15) is 4.31 Å². The lowest BCUT2D eigenvalue weighted by Crippen LogP contribution is -3.12. The van der Waals surface area contributed by atoms with Gasteiger partial charge in [-0.15, -0.1) is 0 Å². The Morgan fingerprint density at radius 2 is 1.76 bits per heavy atom. The molecule has 0 spiro atoms. The van der Waals surface area contributed by atoms with E-state index in [2.05, 4.69) is 7.05 Å². The molecule has 1 aromatic rings. The van der Waals surface area contributed by atoms with Crippen LogP contribution in [0.4, 0.5) is 0 Å². The Morgan fingerprint density at radius 3 is 2.40 bits per heavy atom. The number of piperazine rings is 1. The van der Waals surface area contributed by atoms with E-state index >= 15 is 0 Å².